The summed E-state index contributed by atoms with van der Waals surface area (Å²) in [6.45, 7) is 7.37. The summed E-state index contributed by atoms with van der Waals surface area (Å²) in [6.07, 6.45) is 7.83. The molecule has 2 atom stereocenters. The van der Waals surface area contributed by atoms with E-state index in [-0.39, 0.29) is 17.0 Å². The summed E-state index contributed by atoms with van der Waals surface area (Å²) in [7, 11) is -3.29. The van der Waals surface area contributed by atoms with Crippen LogP contribution in [0.15, 0.2) is 42.5 Å². The molecule has 1 aromatic heterocycles. The van der Waals surface area contributed by atoms with Crippen LogP contribution in [0.3, 0.4) is 0 Å². The molecule has 41 heavy (non-hydrogen) atoms. The molecule has 0 aliphatic heterocycles. The molecular formula is C32H38Cl3N3O2S. The highest BCUT2D eigenvalue weighted by atomic mass is 35.5. The van der Waals surface area contributed by atoms with E-state index >= 15 is 0 Å². The Morgan fingerprint density at radius 1 is 0.927 bits per heavy atom. The molecule has 9 heteroatoms. The highest BCUT2D eigenvalue weighted by Crippen LogP contribution is 2.66. The van der Waals surface area contributed by atoms with E-state index < -0.39 is 9.84 Å². The van der Waals surface area contributed by atoms with E-state index in [9.17, 15) is 8.42 Å². The molecule has 0 spiro atoms. The van der Waals surface area contributed by atoms with Gasteiger partial charge in [0.05, 0.1) is 33.6 Å². The third-order valence-corrected chi connectivity index (χ3v) is 12.1. The fourth-order valence-corrected chi connectivity index (χ4v) is 10.8. The predicted molar refractivity (Wildman–Crippen MR) is 169 cm³/mol. The lowest BCUT2D eigenvalue weighted by atomic mass is 9.43. The Hall–Kier alpha value is -1.57. The molecule has 0 radical (unpaired) electrons. The Labute approximate surface area is 258 Å². The molecule has 5 nitrogen and oxygen atoms in total. The van der Waals surface area contributed by atoms with Gasteiger partial charge in [0.15, 0.2) is 9.84 Å². The second-order valence-electron chi connectivity index (χ2n) is 13.7. The fourth-order valence-electron chi connectivity index (χ4n) is 9.02. The molecule has 3 aromatic rings. The van der Waals surface area contributed by atoms with Crippen molar-refractivity contribution in [1.29, 1.82) is 0 Å². The van der Waals surface area contributed by atoms with Crippen LogP contribution in [0.2, 0.25) is 15.1 Å². The maximum absolute atomic E-state index is 13.3. The van der Waals surface area contributed by atoms with Crippen LogP contribution in [0.1, 0.15) is 63.6 Å². The van der Waals surface area contributed by atoms with E-state index in [1.54, 1.807) is 16.8 Å². The number of benzene rings is 2. The van der Waals surface area contributed by atoms with Crippen LogP contribution in [0, 0.1) is 23.7 Å². The highest BCUT2D eigenvalue weighted by molar-refractivity contribution is 7.91. The number of hydrogen-bond acceptors (Lipinski definition) is 4. The minimum absolute atomic E-state index is 0.0476. The Balaban J connectivity index is 1.18. The molecule has 7 rings (SSSR count). The SMILES string of the molecule is Cc1c(CCS(=O)(=O)CCNC23CC4CC(C)(CC(C)(C4)C2)C3)nn(-c2ccc(Cl)cc2Cl)c1-c1ccc(Cl)cc1. The van der Waals surface area contributed by atoms with Gasteiger partial charge in [0, 0.05) is 34.1 Å². The molecule has 220 valence electrons. The van der Waals surface area contributed by atoms with Gasteiger partial charge in [-0.25, -0.2) is 13.1 Å². The number of nitrogens with one attached hydrogen (secondary N) is 1. The second kappa shape index (κ2) is 10.6. The van der Waals surface area contributed by atoms with E-state index in [4.69, 9.17) is 39.9 Å². The lowest BCUT2D eigenvalue weighted by molar-refractivity contribution is -0.117. The zero-order valence-electron chi connectivity index (χ0n) is 23.9. The van der Waals surface area contributed by atoms with E-state index in [2.05, 4.69) is 19.2 Å². The summed E-state index contributed by atoms with van der Waals surface area (Å²) in [5.74, 6) is 0.957. The Bertz CT molecular complexity index is 1570. The zero-order valence-corrected chi connectivity index (χ0v) is 27.0. The average molecular weight is 635 g/mol. The standard InChI is InChI=1S/C32H38Cl3N3O2S/c1-21-27(37-38(28-9-8-25(34)14-26(28)35)29(21)23-4-6-24(33)7-5-23)10-12-41(39,40)13-11-36-32-17-22-15-30(2,19-32)18-31(3,16-22)20-32/h4-9,14,22,36H,10-13,15-20H2,1-3H3. The van der Waals surface area contributed by atoms with Crippen molar-refractivity contribution in [3.8, 4) is 16.9 Å². The Morgan fingerprint density at radius 2 is 1.59 bits per heavy atom. The number of aryl methyl sites for hydroxylation is 1. The Kier molecular flexibility index (Phi) is 7.59. The van der Waals surface area contributed by atoms with Gasteiger partial charge in [-0.2, -0.15) is 5.10 Å². The van der Waals surface area contributed by atoms with Gasteiger partial charge in [-0.3, -0.25) is 0 Å². The predicted octanol–water partition coefficient (Wildman–Crippen LogP) is 8.10. The van der Waals surface area contributed by atoms with Crippen LogP contribution >= 0.6 is 34.8 Å². The molecule has 4 bridgehead atoms. The first kappa shape index (κ1) is 29.5. The average Bonchev–Trinajstić information content (AvgIpc) is 3.16. The normalized spacial score (nSPS) is 28.9. The first-order chi connectivity index (χ1) is 19.3. The van der Waals surface area contributed by atoms with Crippen LogP contribution in [0.5, 0.6) is 0 Å². The van der Waals surface area contributed by atoms with Crippen LogP contribution in [-0.2, 0) is 16.3 Å². The number of halogens is 3. The van der Waals surface area contributed by atoms with Gasteiger partial charge in [-0.15, -0.1) is 0 Å². The first-order valence-electron chi connectivity index (χ1n) is 14.5. The van der Waals surface area contributed by atoms with Crippen molar-refractivity contribution >= 4 is 44.6 Å². The highest BCUT2D eigenvalue weighted by Gasteiger charge is 2.59. The summed E-state index contributed by atoms with van der Waals surface area (Å²) in [5.41, 5.74) is 4.99. The molecule has 4 fully saturated rings. The van der Waals surface area contributed by atoms with Crippen molar-refractivity contribution in [2.75, 3.05) is 18.1 Å². The third kappa shape index (κ3) is 5.97. The quantitative estimate of drug-likeness (QED) is 0.258. The van der Waals surface area contributed by atoms with Crippen molar-refractivity contribution in [3.63, 3.8) is 0 Å². The molecule has 4 saturated carbocycles. The summed E-state index contributed by atoms with van der Waals surface area (Å²) >= 11 is 18.9. The molecule has 4 aliphatic carbocycles. The minimum Gasteiger partial charge on any atom is -0.310 e. The largest absolute Gasteiger partial charge is 0.310 e. The van der Waals surface area contributed by atoms with Crippen molar-refractivity contribution in [3.05, 3.63) is 68.8 Å². The monoisotopic (exact) mass is 633 g/mol. The molecular weight excluding hydrogens is 597 g/mol. The van der Waals surface area contributed by atoms with Crippen LogP contribution in [0.4, 0.5) is 0 Å². The van der Waals surface area contributed by atoms with Gasteiger partial charge in [0.2, 0.25) is 0 Å². The molecule has 1 N–H and O–H groups in total. The van der Waals surface area contributed by atoms with Crippen molar-refractivity contribution in [2.45, 2.75) is 71.3 Å². The lowest BCUT2D eigenvalue weighted by Crippen LogP contribution is -2.64. The summed E-state index contributed by atoms with van der Waals surface area (Å²) in [4.78, 5) is 0. The van der Waals surface area contributed by atoms with E-state index in [1.165, 1.54) is 38.5 Å². The second-order valence-corrected chi connectivity index (χ2v) is 17.3. The number of aromatic nitrogens is 2. The minimum atomic E-state index is -3.29. The number of nitrogens with zero attached hydrogens (tertiary/aromatic N) is 2. The van der Waals surface area contributed by atoms with Gasteiger partial charge < -0.3 is 5.32 Å². The first-order valence-corrected chi connectivity index (χ1v) is 17.5. The number of hydrogen-bond donors (Lipinski definition) is 1. The fraction of sp³-hybridized carbons (Fsp3) is 0.531. The maximum atomic E-state index is 13.3. The van der Waals surface area contributed by atoms with Crippen LogP contribution in [0.25, 0.3) is 16.9 Å². The van der Waals surface area contributed by atoms with E-state index in [0.717, 1.165) is 28.4 Å². The lowest BCUT2D eigenvalue weighted by Gasteiger charge is -2.65. The summed E-state index contributed by atoms with van der Waals surface area (Å²) in [5, 5.41) is 10.3. The molecule has 0 amide bonds. The van der Waals surface area contributed by atoms with Gasteiger partial charge in [-0.1, -0.05) is 60.8 Å². The van der Waals surface area contributed by atoms with Crippen LogP contribution < -0.4 is 5.32 Å². The van der Waals surface area contributed by atoms with Gasteiger partial charge in [0.1, 0.15) is 0 Å². The molecule has 1 heterocycles. The maximum Gasteiger partial charge on any atom is 0.151 e. The third-order valence-electron chi connectivity index (χ3n) is 9.67. The summed E-state index contributed by atoms with van der Waals surface area (Å²) in [6, 6.07) is 12.8. The van der Waals surface area contributed by atoms with Crippen molar-refractivity contribution in [2.24, 2.45) is 16.7 Å². The van der Waals surface area contributed by atoms with E-state index in [0.29, 0.717) is 44.6 Å². The topological polar surface area (TPSA) is 64.0 Å². The van der Waals surface area contributed by atoms with E-state index in [1.807, 2.05) is 37.3 Å². The molecule has 2 aromatic carbocycles. The number of sulfone groups is 1. The zero-order chi connectivity index (χ0) is 29.2. The smallest absolute Gasteiger partial charge is 0.151 e. The van der Waals surface area contributed by atoms with Gasteiger partial charge in [0.25, 0.3) is 0 Å². The summed E-state index contributed by atoms with van der Waals surface area (Å²) < 4.78 is 28.3. The molecule has 2 unspecified atom stereocenters. The van der Waals surface area contributed by atoms with Gasteiger partial charge >= 0.3 is 0 Å². The number of rotatable bonds is 9. The molecule has 0 saturated heterocycles. The van der Waals surface area contributed by atoms with Crippen LogP contribution in [-0.4, -0.2) is 41.8 Å². The van der Waals surface area contributed by atoms with Crippen molar-refractivity contribution in [1.82, 2.24) is 15.1 Å². The Morgan fingerprint density at radius 3 is 2.22 bits per heavy atom. The van der Waals surface area contributed by atoms with Crippen molar-refractivity contribution < 1.29 is 8.42 Å². The molecule has 4 aliphatic rings. The van der Waals surface area contributed by atoms with Gasteiger partial charge in [-0.05, 0) is 98.1 Å².